The molecule has 0 aliphatic heterocycles. The first kappa shape index (κ1) is 28.6. The molecule has 10 heteroatoms. The molecule has 1 fully saturated rings. The maximum Gasteiger partial charge on any atom is 0.304 e. The zero-order chi connectivity index (χ0) is 27.3. The van der Waals surface area contributed by atoms with E-state index in [1.54, 1.807) is 38.1 Å². The quantitative estimate of drug-likeness (QED) is 0.507. The summed E-state index contributed by atoms with van der Waals surface area (Å²) in [5.41, 5.74) is 2.57. The summed E-state index contributed by atoms with van der Waals surface area (Å²) in [5, 5.41) is 3.03. The van der Waals surface area contributed by atoms with E-state index in [4.69, 9.17) is 0 Å². The molecule has 1 atom stereocenters. The number of benzene rings is 2. The van der Waals surface area contributed by atoms with Crippen molar-refractivity contribution in [3.63, 3.8) is 0 Å². The van der Waals surface area contributed by atoms with Gasteiger partial charge in [0.05, 0.1) is 5.69 Å². The van der Waals surface area contributed by atoms with Gasteiger partial charge in [-0.3, -0.25) is 9.59 Å². The second-order valence-electron chi connectivity index (χ2n) is 9.90. The number of carbonyl (C=O) groups excluding carboxylic acids is 2. The number of anilines is 1. The van der Waals surface area contributed by atoms with Crippen LogP contribution in [0.4, 0.5) is 10.1 Å². The van der Waals surface area contributed by atoms with Crippen LogP contribution in [0.3, 0.4) is 0 Å². The van der Waals surface area contributed by atoms with Crippen molar-refractivity contribution in [1.29, 1.82) is 0 Å². The van der Waals surface area contributed by atoms with Crippen molar-refractivity contribution in [3.8, 4) is 0 Å². The topological polar surface area (TPSA) is 90.0 Å². The summed E-state index contributed by atoms with van der Waals surface area (Å²) in [6, 6.07) is 10.3. The molecule has 3 rings (SSSR count). The predicted molar refractivity (Wildman–Crippen MR) is 143 cm³/mol. The smallest absolute Gasteiger partial charge is 0.304 e. The number of aryl methyl sites for hydroxylation is 2. The summed E-state index contributed by atoms with van der Waals surface area (Å²) in [6.45, 7) is 4.80. The molecule has 8 nitrogen and oxygen atoms in total. The minimum Gasteiger partial charge on any atom is -0.352 e. The number of hydrogen-bond acceptors (Lipinski definition) is 4. The van der Waals surface area contributed by atoms with Crippen LogP contribution >= 0.6 is 0 Å². The van der Waals surface area contributed by atoms with Gasteiger partial charge in [-0.05, 0) is 68.5 Å². The Bertz CT molecular complexity index is 1210. The average Bonchev–Trinajstić information content (AvgIpc) is 3.36. The van der Waals surface area contributed by atoms with E-state index in [9.17, 15) is 22.4 Å². The number of hydrogen-bond donors (Lipinski definition) is 1. The van der Waals surface area contributed by atoms with Crippen LogP contribution in [0.1, 0.15) is 49.3 Å². The van der Waals surface area contributed by atoms with Crippen LogP contribution in [0.2, 0.25) is 0 Å². The van der Waals surface area contributed by atoms with E-state index in [-0.39, 0.29) is 18.5 Å². The van der Waals surface area contributed by atoms with Crippen LogP contribution in [-0.4, -0.2) is 62.2 Å². The van der Waals surface area contributed by atoms with E-state index >= 15 is 0 Å². The van der Waals surface area contributed by atoms with Crippen molar-refractivity contribution in [3.05, 3.63) is 65.0 Å². The van der Waals surface area contributed by atoms with Gasteiger partial charge in [0.1, 0.15) is 18.4 Å². The Balaban J connectivity index is 1.95. The molecule has 0 saturated heterocycles. The maximum absolute atomic E-state index is 13.8. The molecule has 1 saturated carbocycles. The van der Waals surface area contributed by atoms with Crippen molar-refractivity contribution < 1.29 is 22.4 Å². The molecule has 0 radical (unpaired) electrons. The summed E-state index contributed by atoms with van der Waals surface area (Å²) in [6.07, 6.45) is 3.88. The van der Waals surface area contributed by atoms with Gasteiger partial charge in [0.25, 0.3) is 0 Å². The van der Waals surface area contributed by atoms with Crippen LogP contribution in [0.15, 0.2) is 42.5 Å². The Labute approximate surface area is 219 Å². The van der Waals surface area contributed by atoms with Gasteiger partial charge in [-0.2, -0.15) is 12.7 Å². The third-order valence-corrected chi connectivity index (χ3v) is 8.59. The molecular weight excluding hydrogens is 495 g/mol. The number of carbonyl (C=O) groups is 2. The van der Waals surface area contributed by atoms with Crippen molar-refractivity contribution in [2.24, 2.45) is 0 Å². The highest BCUT2D eigenvalue weighted by atomic mass is 32.2. The Hall–Kier alpha value is -2.98. The van der Waals surface area contributed by atoms with E-state index in [0.717, 1.165) is 39.9 Å². The number of rotatable bonds is 10. The number of halogens is 1. The molecule has 0 bridgehead atoms. The minimum atomic E-state index is -4.03. The van der Waals surface area contributed by atoms with Crippen molar-refractivity contribution in [2.45, 2.75) is 65.1 Å². The zero-order valence-corrected chi connectivity index (χ0v) is 23.0. The van der Waals surface area contributed by atoms with Gasteiger partial charge in [0, 0.05) is 26.7 Å². The SMILES string of the molecule is Cc1ccc(C)c(N(CC(=O)N(Cc2ccc(F)cc2)[C@H](C)C(=O)NC2CCCC2)S(=O)(=O)N(C)C)c1. The fourth-order valence-electron chi connectivity index (χ4n) is 4.45. The standard InChI is InChI=1S/C27H37FN4O4S/c1-19-10-11-20(2)25(16-19)32(37(35,36)30(4)5)18-26(33)31(17-22-12-14-23(28)15-13-22)21(3)27(34)29-24-8-6-7-9-24/h10-16,21,24H,6-9,17-18H2,1-5H3,(H,29,34)/t21-/m1/s1. The molecule has 1 N–H and O–H groups in total. The summed E-state index contributed by atoms with van der Waals surface area (Å²) in [5.74, 6) is -1.24. The Morgan fingerprint density at radius 3 is 2.27 bits per heavy atom. The summed E-state index contributed by atoms with van der Waals surface area (Å²) in [7, 11) is -1.22. The summed E-state index contributed by atoms with van der Waals surface area (Å²) < 4.78 is 42.3. The first-order chi connectivity index (χ1) is 17.4. The first-order valence-electron chi connectivity index (χ1n) is 12.5. The molecule has 2 amide bonds. The van der Waals surface area contributed by atoms with Crippen LogP contribution in [-0.2, 0) is 26.3 Å². The summed E-state index contributed by atoms with van der Waals surface area (Å²) >= 11 is 0. The number of amides is 2. The molecule has 2 aromatic carbocycles. The largest absolute Gasteiger partial charge is 0.352 e. The van der Waals surface area contributed by atoms with Crippen LogP contribution in [0.5, 0.6) is 0 Å². The second kappa shape index (κ2) is 12.0. The molecule has 1 aliphatic carbocycles. The fraction of sp³-hybridized carbons (Fsp3) is 0.481. The third-order valence-electron chi connectivity index (χ3n) is 6.79. The van der Waals surface area contributed by atoms with E-state index in [2.05, 4.69) is 5.32 Å². The monoisotopic (exact) mass is 532 g/mol. The van der Waals surface area contributed by atoms with Gasteiger partial charge >= 0.3 is 10.2 Å². The second-order valence-corrected chi connectivity index (χ2v) is 12.0. The third kappa shape index (κ3) is 7.07. The van der Waals surface area contributed by atoms with Gasteiger partial charge in [-0.25, -0.2) is 8.70 Å². The van der Waals surface area contributed by atoms with Crippen LogP contribution in [0, 0.1) is 19.7 Å². The molecule has 37 heavy (non-hydrogen) atoms. The lowest BCUT2D eigenvalue weighted by Gasteiger charge is -2.33. The summed E-state index contributed by atoms with van der Waals surface area (Å²) in [4.78, 5) is 28.3. The average molecular weight is 533 g/mol. The van der Waals surface area contributed by atoms with Gasteiger partial charge in [-0.1, -0.05) is 37.1 Å². The van der Waals surface area contributed by atoms with E-state index in [0.29, 0.717) is 16.8 Å². The van der Waals surface area contributed by atoms with Gasteiger partial charge < -0.3 is 10.2 Å². The normalized spacial score (nSPS) is 15.0. The Morgan fingerprint density at radius 1 is 1.05 bits per heavy atom. The molecule has 0 unspecified atom stereocenters. The van der Waals surface area contributed by atoms with Crippen molar-refractivity contribution in [2.75, 3.05) is 24.9 Å². The Kier molecular flexibility index (Phi) is 9.31. The lowest BCUT2D eigenvalue weighted by atomic mass is 10.1. The highest BCUT2D eigenvalue weighted by Gasteiger charge is 2.34. The van der Waals surface area contributed by atoms with Crippen LogP contribution in [0.25, 0.3) is 0 Å². The lowest BCUT2D eigenvalue weighted by molar-refractivity contribution is -0.139. The van der Waals surface area contributed by atoms with Gasteiger partial charge in [0.15, 0.2) is 0 Å². The number of nitrogens with one attached hydrogen (secondary N) is 1. The molecule has 1 aliphatic rings. The molecule has 202 valence electrons. The lowest BCUT2D eigenvalue weighted by Crippen LogP contribution is -2.53. The van der Waals surface area contributed by atoms with Gasteiger partial charge in [-0.15, -0.1) is 0 Å². The van der Waals surface area contributed by atoms with E-state index in [1.807, 2.05) is 13.0 Å². The Morgan fingerprint density at radius 2 is 1.68 bits per heavy atom. The predicted octanol–water partition coefficient (Wildman–Crippen LogP) is 3.53. The van der Waals surface area contributed by atoms with Crippen molar-refractivity contribution >= 4 is 27.7 Å². The molecule has 2 aromatic rings. The maximum atomic E-state index is 13.8. The molecule has 0 spiro atoms. The van der Waals surface area contributed by atoms with Crippen LogP contribution < -0.4 is 9.62 Å². The van der Waals surface area contributed by atoms with E-state index in [1.165, 1.54) is 31.1 Å². The van der Waals surface area contributed by atoms with Crippen molar-refractivity contribution in [1.82, 2.24) is 14.5 Å². The molecule has 0 heterocycles. The molecular formula is C27H37FN4O4S. The first-order valence-corrected chi connectivity index (χ1v) is 13.9. The highest BCUT2D eigenvalue weighted by molar-refractivity contribution is 7.90. The number of nitrogens with zero attached hydrogens (tertiary/aromatic N) is 3. The highest BCUT2D eigenvalue weighted by Crippen LogP contribution is 2.26. The molecule has 0 aromatic heterocycles. The van der Waals surface area contributed by atoms with Gasteiger partial charge in [0.2, 0.25) is 11.8 Å². The van der Waals surface area contributed by atoms with E-state index < -0.39 is 34.5 Å². The fourth-order valence-corrected chi connectivity index (χ4v) is 5.56. The zero-order valence-electron chi connectivity index (χ0n) is 22.2. The minimum absolute atomic E-state index is 0.0288.